The van der Waals surface area contributed by atoms with E-state index in [9.17, 15) is 4.57 Å². The zero-order valence-corrected chi connectivity index (χ0v) is 11.4. The topological polar surface area (TPSA) is 32.7 Å². The van der Waals surface area contributed by atoms with E-state index in [-0.39, 0.29) is 0 Å². The number of hydrogen-bond acceptors (Lipinski definition) is 3. The summed E-state index contributed by atoms with van der Waals surface area (Å²) in [5.41, 5.74) is 0.959. The van der Waals surface area contributed by atoms with Crippen molar-refractivity contribution in [2.75, 3.05) is 24.9 Å². The van der Waals surface area contributed by atoms with Gasteiger partial charge in [0, 0.05) is 17.2 Å². The second-order valence-corrected chi connectivity index (χ2v) is 7.86. The normalized spacial score (nSPS) is 15.9. The van der Waals surface area contributed by atoms with Crippen LogP contribution >= 0.6 is 18.7 Å². The zero-order chi connectivity index (χ0) is 12.5. The van der Waals surface area contributed by atoms with Crippen molar-refractivity contribution < 1.29 is 4.57 Å². The minimum Gasteiger partial charge on any atom is -0.319 e. The Balaban J connectivity index is 2.28. The number of rotatable bonds is 2. The lowest BCUT2D eigenvalue weighted by atomic mass is 10.3. The van der Waals surface area contributed by atoms with Crippen molar-refractivity contribution in [3.05, 3.63) is 35.5 Å². The molecule has 0 radical (unpaired) electrons. The Kier molecular flexibility index (Phi) is 3.41. The first-order valence-electron chi connectivity index (χ1n) is 5.27. The van der Waals surface area contributed by atoms with Crippen molar-refractivity contribution >= 4 is 35.9 Å². The standard InChI is InChI=1S/C12H14ClN2OP/c1-17(2,16)11-5-3-10(4-6-11)15-9-14-8-7-12(15)13/h3-8H,9H2,1-2H3. The van der Waals surface area contributed by atoms with E-state index in [1.807, 2.05) is 29.2 Å². The summed E-state index contributed by atoms with van der Waals surface area (Å²) in [5, 5.41) is 1.52. The van der Waals surface area contributed by atoms with Gasteiger partial charge in [-0.15, -0.1) is 0 Å². The molecule has 0 fully saturated rings. The summed E-state index contributed by atoms with van der Waals surface area (Å²) in [7, 11) is -2.19. The maximum Gasteiger partial charge on any atom is 0.115 e. The maximum absolute atomic E-state index is 11.9. The molecule has 1 heterocycles. The predicted molar refractivity (Wildman–Crippen MR) is 75.3 cm³/mol. The monoisotopic (exact) mass is 268 g/mol. The smallest absolute Gasteiger partial charge is 0.115 e. The molecule has 0 unspecified atom stereocenters. The van der Waals surface area contributed by atoms with Crippen LogP contribution in [0.3, 0.4) is 0 Å². The molecule has 0 N–H and O–H groups in total. The molecule has 5 heteroatoms. The van der Waals surface area contributed by atoms with Gasteiger partial charge in [0.2, 0.25) is 0 Å². The van der Waals surface area contributed by atoms with Gasteiger partial charge in [0.15, 0.2) is 0 Å². The summed E-state index contributed by atoms with van der Waals surface area (Å²) in [4.78, 5) is 6.03. The van der Waals surface area contributed by atoms with Gasteiger partial charge < -0.3 is 9.46 Å². The lowest BCUT2D eigenvalue weighted by Gasteiger charge is -2.24. The second-order valence-electron chi connectivity index (χ2n) is 4.26. The molecule has 3 nitrogen and oxygen atoms in total. The number of hydrogen-bond donors (Lipinski definition) is 0. The first kappa shape index (κ1) is 12.4. The van der Waals surface area contributed by atoms with E-state index in [0.29, 0.717) is 11.8 Å². The van der Waals surface area contributed by atoms with Crippen LogP contribution < -0.4 is 10.2 Å². The third kappa shape index (κ3) is 2.80. The minimum absolute atomic E-state index is 0.518. The van der Waals surface area contributed by atoms with Crippen molar-refractivity contribution in [3.8, 4) is 0 Å². The Bertz CT molecular complexity index is 516. The van der Waals surface area contributed by atoms with E-state index in [1.54, 1.807) is 25.6 Å². The molecule has 0 atom stereocenters. The summed E-state index contributed by atoms with van der Waals surface area (Å²) in [5.74, 6) is 0. The lowest BCUT2D eigenvalue weighted by molar-refractivity contribution is 0.588. The molecule has 0 amide bonds. The van der Waals surface area contributed by atoms with Crippen molar-refractivity contribution in [2.24, 2.45) is 4.99 Å². The van der Waals surface area contributed by atoms with Gasteiger partial charge in [-0.25, -0.2) is 0 Å². The van der Waals surface area contributed by atoms with E-state index in [1.165, 1.54) is 0 Å². The van der Waals surface area contributed by atoms with Crippen LogP contribution in [0.5, 0.6) is 0 Å². The minimum atomic E-state index is -2.19. The van der Waals surface area contributed by atoms with E-state index < -0.39 is 7.14 Å². The molecule has 0 spiro atoms. The van der Waals surface area contributed by atoms with Crippen LogP contribution in [-0.2, 0) is 4.57 Å². The van der Waals surface area contributed by atoms with E-state index in [2.05, 4.69) is 4.99 Å². The second kappa shape index (κ2) is 4.67. The molecule has 0 aromatic heterocycles. The molecule has 2 rings (SSSR count). The molecule has 0 saturated carbocycles. The van der Waals surface area contributed by atoms with E-state index in [4.69, 9.17) is 11.6 Å². The first-order chi connectivity index (χ1) is 7.98. The molecule has 1 aromatic carbocycles. The Hall–Kier alpha value is -1.05. The van der Waals surface area contributed by atoms with Crippen molar-refractivity contribution in [1.29, 1.82) is 0 Å². The van der Waals surface area contributed by atoms with Gasteiger partial charge in [0.25, 0.3) is 0 Å². The molecule has 0 bridgehead atoms. The van der Waals surface area contributed by atoms with Gasteiger partial charge in [0.1, 0.15) is 19.0 Å². The van der Waals surface area contributed by atoms with Gasteiger partial charge in [-0.3, -0.25) is 4.99 Å². The van der Waals surface area contributed by atoms with Gasteiger partial charge >= 0.3 is 0 Å². The average Bonchev–Trinajstić information content (AvgIpc) is 2.29. The van der Waals surface area contributed by atoms with E-state index >= 15 is 0 Å². The average molecular weight is 269 g/mol. The third-order valence-electron chi connectivity index (χ3n) is 2.58. The van der Waals surface area contributed by atoms with E-state index in [0.717, 1.165) is 11.0 Å². The van der Waals surface area contributed by atoms with Gasteiger partial charge in [-0.05, 0) is 43.7 Å². The summed E-state index contributed by atoms with van der Waals surface area (Å²) in [6, 6.07) is 7.62. The van der Waals surface area contributed by atoms with Crippen LogP contribution in [0, 0.1) is 0 Å². The maximum atomic E-state index is 11.9. The highest BCUT2D eigenvalue weighted by atomic mass is 35.5. The van der Waals surface area contributed by atoms with Crippen LogP contribution in [-0.4, -0.2) is 26.2 Å². The summed E-state index contributed by atoms with van der Waals surface area (Å²) < 4.78 is 11.9. The molecule has 1 aliphatic heterocycles. The largest absolute Gasteiger partial charge is 0.319 e. The van der Waals surface area contributed by atoms with Crippen LogP contribution in [0.2, 0.25) is 0 Å². The van der Waals surface area contributed by atoms with Gasteiger partial charge in [-0.1, -0.05) is 11.6 Å². The van der Waals surface area contributed by atoms with Gasteiger partial charge in [0.05, 0.1) is 0 Å². The number of aliphatic imine (C=N–C) groups is 1. The quantitative estimate of drug-likeness (QED) is 0.610. The highest BCUT2D eigenvalue weighted by molar-refractivity contribution is 7.70. The molecule has 1 aliphatic rings. The van der Waals surface area contributed by atoms with Crippen LogP contribution in [0.15, 0.2) is 40.5 Å². The fraction of sp³-hybridized carbons (Fsp3) is 0.250. The third-order valence-corrected chi connectivity index (χ3v) is 4.45. The number of anilines is 1. The Morgan fingerprint density at radius 3 is 2.47 bits per heavy atom. The Morgan fingerprint density at radius 2 is 1.94 bits per heavy atom. The molecule has 0 saturated heterocycles. The van der Waals surface area contributed by atoms with Crippen molar-refractivity contribution in [3.63, 3.8) is 0 Å². The molecule has 90 valence electrons. The van der Waals surface area contributed by atoms with Crippen LogP contribution in [0.25, 0.3) is 0 Å². The molecule has 17 heavy (non-hydrogen) atoms. The Morgan fingerprint density at radius 1 is 1.29 bits per heavy atom. The number of allylic oxidation sites excluding steroid dienone is 1. The highest BCUT2D eigenvalue weighted by Gasteiger charge is 2.14. The fourth-order valence-corrected chi connectivity index (χ4v) is 2.67. The van der Waals surface area contributed by atoms with Crippen molar-refractivity contribution in [2.45, 2.75) is 0 Å². The first-order valence-corrected chi connectivity index (χ1v) is 8.25. The molecule has 1 aromatic rings. The summed E-state index contributed by atoms with van der Waals surface area (Å²) in [6.45, 7) is 4.05. The summed E-state index contributed by atoms with van der Waals surface area (Å²) in [6.07, 6.45) is 3.45. The molecular weight excluding hydrogens is 255 g/mol. The number of nitrogens with zero attached hydrogens (tertiary/aromatic N) is 2. The number of halogens is 1. The SMILES string of the molecule is CP(C)(=O)c1ccc(N2CN=CC=C2Cl)cc1. The van der Waals surface area contributed by atoms with Crippen molar-refractivity contribution in [1.82, 2.24) is 0 Å². The number of benzene rings is 1. The molecule has 0 aliphatic carbocycles. The lowest BCUT2D eigenvalue weighted by Crippen LogP contribution is -2.22. The summed E-state index contributed by atoms with van der Waals surface area (Å²) >= 11 is 6.09. The fourth-order valence-electron chi connectivity index (χ4n) is 1.60. The van der Waals surface area contributed by atoms with Crippen LogP contribution in [0.4, 0.5) is 5.69 Å². The van der Waals surface area contributed by atoms with Crippen LogP contribution in [0.1, 0.15) is 0 Å². The Labute approximate surface area is 106 Å². The highest BCUT2D eigenvalue weighted by Crippen LogP contribution is 2.35. The zero-order valence-electron chi connectivity index (χ0n) is 9.80. The molecular formula is C12H14ClN2OP. The predicted octanol–water partition coefficient (Wildman–Crippen LogP) is 2.86. The van der Waals surface area contributed by atoms with Gasteiger partial charge in [-0.2, -0.15) is 0 Å².